The molecule has 0 saturated heterocycles. The fourth-order valence-corrected chi connectivity index (χ4v) is 3.47. The first-order valence-corrected chi connectivity index (χ1v) is 8.82. The Bertz CT molecular complexity index is 701. The molecular formula is C19H26NO4+. The minimum Gasteiger partial charge on any atom is -0.497 e. The molecule has 1 aromatic carbocycles. The maximum Gasteiger partial charge on any atom is 0.342 e. The maximum atomic E-state index is 12.5. The summed E-state index contributed by atoms with van der Waals surface area (Å²) in [6.07, 6.45) is 6.40. The van der Waals surface area contributed by atoms with Gasteiger partial charge in [0.1, 0.15) is 23.4 Å². The molecule has 1 heterocycles. The second-order valence-corrected chi connectivity index (χ2v) is 6.32. The number of rotatable bonds is 6. The molecule has 130 valence electrons. The maximum absolute atomic E-state index is 12.5. The first-order valence-electron chi connectivity index (χ1n) is 8.82. The number of benzene rings is 1. The van der Waals surface area contributed by atoms with Gasteiger partial charge in [0.2, 0.25) is 0 Å². The van der Waals surface area contributed by atoms with Crippen LogP contribution in [-0.4, -0.2) is 25.7 Å². The summed E-state index contributed by atoms with van der Waals surface area (Å²) < 4.78 is 16.5. The first kappa shape index (κ1) is 16.8. The van der Waals surface area contributed by atoms with Crippen molar-refractivity contribution in [3.05, 3.63) is 29.5 Å². The third-order valence-corrected chi connectivity index (χ3v) is 4.73. The number of quaternary nitrogens is 1. The second-order valence-electron chi connectivity index (χ2n) is 6.32. The zero-order valence-electron chi connectivity index (χ0n) is 14.5. The van der Waals surface area contributed by atoms with Gasteiger partial charge in [-0.25, -0.2) is 4.79 Å². The van der Waals surface area contributed by atoms with Crippen molar-refractivity contribution in [2.75, 3.05) is 13.7 Å². The van der Waals surface area contributed by atoms with Gasteiger partial charge in [0.15, 0.2) is 5.76 Å². The zero-order chi connectivity index (χ0) is 16.9. The topological polar surface area (TPSA) is 65.3 Å². The summed E-state index contributed by atoms with van der Waals surface area (Å²) in [4.78, 5) is 12.5. The number of carbonyl (C=O) groups excluding carboxylic acids is 1. The summed E-state index contributed by atoms with van der Waals surface area (Å²) in [5.41, 5.74) is 1.24. The van der Waals surface area contributed by atoms with Gasteiger partial charge in [-0.15, -0.1) is 0 Å². The van der Waals surface area contributed by atoms with Gasteiger partial charge in [0, 0.05) is 5.39 Å². The highest BCUT2D eigenvalue weighted by Crippen LogP contribution is 2.30. The largest absolute Gasteiger partial charge is 0.497 e. The van der Waals surface area contributed by atoms with Gasteiger partial charge in [-0.05, 0) is 50.8 Å². The van der Waals surface area contributed by atoms with E-state index in [0.717, 1.165) is 5.39 Å². The van der Waals surface area contributed by atoms with E-state index in [4.69, 9.17) is 13.9 Å². The van der Waals surface area contributed by atoms with Crippen molar-refractivity contribution in [3.63, 3.8) is 0 Å². The Morgan fingerprint density at radius 2 is 2.08 bits per heavy atom. The Balaban J connectivity index is 1.89. The minimum atomic E-state index is -0.323. The van der Waals surface area contributed by atoms with E-state index in [1.807, 2.05) is 25.1 Å². The van der Waals surface area contributed by atoms with E-state index in [9.17, 15) is 4.79 Å². The fourth-order valence-electron chi connectivity index (χ4n) is 3.47. The van der Waals surface area contributed by atoms with Gasteiger partial charge in [-0.3, -0.25) is 0 Å². The Morgan fingerprint density at radius 1 is 1.29 bits per heavy atom. The number of hydrogen-bond acceptors (Lipinski definition) is 4. The molecule has 5 heteroatoms. The average Bonchev–Trinajstić information content (AvgIpc) is 2.98. The van der Waals surface area contributed by atoms with Gasteiger partial charge >= 0.3 is 5.97 Å². The van der Waals surface area contributed by atoms with Crippen LogP contribution in [0.2, 0.25) is 0 Å². The van der Waals surface area contributed by atoms with Crippen LogP contribution in [0, 0.1) is 0 Å². The zero-order valence-corrected chi connectivity index (χ0v) is 14.5. The molecule has 2 aromatic rings. The molecule has 0 amide bonds. The summed E-state index contributed by atoms with van der Waals surface area (Å²) in [6, 6.07) is 6.16. The molecule has 1 saturated carbocycles. The van der Waals surface area contributed by atoms with E-state index in [-0.39, 0.29) is 5.97 Å². The first-order chi connectivity index (χ1) is 11.7. The minimum absolute atomic E-state index is 0.323. The van der Waals surface area contributed by atoms with Crippen LogP contribution >= 0.6 is 0 Å². The van der Waals surface area contributed by atoms with Gasteiger partial charge in [-0.1, -0.05) is 6.42 Å². The molecule has 1 fully saturated rings. The summed E-state index contributed by atoms with van der Waals surface area (Å²) >= 11 is 0. The van der Waals surface area contributed by atoms with Crippen LogP contribution in [0.5, 0.6) is 5.75 Å². The van der Waals surface area contributed by atoms with Crippen molar-refractivity contribution in [3.8, 4) is 5.75 Å². The summed E-state index contributed by atoms with van der Waals surface area (Å²) in [5, 5.41) is 3.07. The Labute approximate surface area is 142 Å². The third kappa shape index (κ3) is 3.56. The van der Waals surface area contributed by atoms with E-state index >= 15 is 0 Å². The highest BCUT2D eigenvalue weighted by atomic mass is 16.5. The highest BCUT2D eigenvalue weighted by Gasteiger charge is 2.25. The number of carbonyl (C=O) groups is 1. The van der Waals surface area contributed by atoms with Crippen molar-refractivity contribution in [2.24, 2.45) is 0 Å². The van der Waals surface area contributed by atoms with Gasteiger partial charge in [-0.2, -0.15) is 0 Å². The van der Waals surface area contributed by atoms with Crippen LogP contribution < -0.4 is 10.1 Å². The smallest absolute Gasteiger partial charge is 0.342 e. The Morgan fingerprint density at radius 3 is 2.79 bits per heavy atom. The number of methoxy groups -OCH3 is 1. The number of esters is 1. The van der Waals surface area contributed by atoms with Crippen molar-refractivity contribution < 1.29 is 24.0 Å². The predicted molar refractivity (Wildman–Crippen MR) is 91.2 cm³/mol. The van der Waals surface area contributed by atoms with E-state index in [0.29, 0.717) is 41.8 Å². The lowest BCUT2D eigenvalue weighted by atomic mass is 9.95. The summed E-state index contributed by atoms with van der Waals surface area (Å²) in [5.74, 6) is 1.08. The molecule has 0 spiro atoms. The van der Waals surface area contributed by atoms with E-state index in [2.05, 4.69) is 5.32 Å². The molecule has 0 radical (unpaired) electrons. The lowest BCUT2D eigenvalue weighted by Crippen LogP contribution is -2.88. The lowest BCUT2D eigenvalue weighted by Gasteiger charge is -2.19. The number of furan rings is 1. The van der Waals surface area contributed by atoms with E-state index in [1.54, 1.807) is 7.11 Å². The van der Waals surface area contributed by atoms with E-state index in [1.165, 1.54) is 32.1 Å². The van der Waals surface area contributed by atoms with Crippen LogP contribution in [0.1, 0.15) is 55.1 Å². The van der Waals surface area contributed by atoms with Crippen LogP contribution in [0.4, 0.5) is 0 Å². The molecule has 3 rings (SSSR count). The molecule has 1 aliphatic rings. The van der Waals surface area contributed by atoms with Crippen LogP contribution in [0.3, 0.4) is 0 Å². The highest BCUT2D eigenvalue weighted by molar-refractivity contribution is 6.04. The fraction of sp³-hybridized carbons (Fsp3) is 0.526. The second kappa shape index (κ2) is 7.71. The molecule has 5 nitrogen and oxygen atoms in total. The van der Waals surface area contributed by atoms with Crippen molar-refractivity contribution in [1.29, 1.82) is 0 Å². The lowest BCUT2D eigenvalue weighted by molar-refractivity contribution is -0.708. The molecular weight excluding hydrogens is 306 g/mol. The van der Waals surface area contributed by atoms with Crippen LogP contribution in [0.15, 0.2) is 22.6 Å². The van der Waals surface area contributed by atoms with Gasteiger partial charge < -0.3 is 19.2 Å². The van der Waals surface area contributed by atoms with Crippen LogP contribution in [0.25, 0.3) is 11.0 Å². The molecule has 0 aliphatic heterocycles. The number of hydrogen-bond donors (Lipinski definition) is 1. The number of nitrogens with two attached hydrogens (primary N) is 1. The molecule has 2 N–H and O–H groups in total. The molecule has 0 unspecified atom stereocenters. The van der Waals surface area contributed by atoms with Gasteiger partial charge in [0.25, 0.3) is 0 Å². The standard InChI is InChI=1S/C19H25NO4/c1-3-23-19(21)18-15-11-14(22-2)9-10-16(15)24-17(18)12-20-13-7-5-4-6-8-13/h9-11,13,20H,3-8,12H2,1-2H3/p+1. The molecule has 24 heavy (non-hydrogen) atoms. The van der Waals surface area contributed by atoms with Crippen LogP contribution in [-0.2, 0) is 11.3 Å². The van der Waals surface area contributed by atoms with Crippen molar-refractivity contribution in [2.45, 2.75) is 51.6 Å². The monoisotopic (exact) mass is 332 g/mol. The number of ether oxygens (including phenoxy) is 2. The molecule has 0 atom stereocenters. The third-order valence-electron chi connectivity index (χ3n) is 4.73. The predicted octanol–water partition coefficient (Wildman–Crippen LogP) is 3.01. The average molecular weight is 332 g/mol. The normalized spacial score (nSPS) is 15.6. The summed E-state index contributed by atoms with van der Waals surface area (Å²) in [7, 11) is 1.61. The van der Waals surface area contributed by atoms with E-state index < -0.39 is 0 Å². The van der Waals surface area contributed by atoms with Crippen molar-refractivity contribution in [1.82, 2.24) is 0 Å². The molecule has 1 aliphatic carbocycles. The molecule has 0 bridgehead atoms. The molecule has 1 aromatic heterocycles. The number of fused-ring (bicyclic) bond motifs is 1. The quantitative estimate of drug-likeness (QED) is 0.826. The Kier molecular flexibility index (Phi) is 5.41. The Hall–Kier alpha value is -2.01. The van der Waals surface area contributed by atoms with Crippen molar-refractivity contribution >= 4 is 16.9 Å². The summed E-state index contributed by atoms with van der Waals surface area (Å²) in [6.45, 7) is 2.83. The van der Waals surface area contributed by atoms with Gasteiger partial charge in [0.05, 0.1) is 19.8 Å². The SMILES string of the molecule is CCOC(=O)c1c(C[NH2+]C2CCCCC2)oc2ccc(OC)cc12.